The molecule has 1 aromatic heterocycles. The Morgan fingerprint density at radius 1 is 1.02 bits per heavy atom. The van der Waals surface area contributed by atoms with Crippen molar-refractivity contribution in [1.29, 1.82) is 0 Å². The van der Waals surface area contributed by atoms with Crippen molar-refractivity contribution in [1.82, 2.24) is 4.57 Å². The molecule has 2 aromatic carbocycles. The van der Waals surface area contributed by atoms with Gasteiger partial charge in [-0.2, -0.15) is 0 Å². The number of methoxy groups -OCH3 is 2. The van der Waals surface area contributed by atoms with Crippen molar-refractivity contribution in [3.8, 4) is 23.0 Å². The fourth-order valence-corrected chi connectivity index (χ4v) is 5.28. The van der Waals surface area contributed by atoms with Crippen LogP contribution >= 0.6 is 11.3 Å². The third kappa shape index (κ3) is 5.91. The monoisotopic (exact) mass is 566 g/mol. The highest BCUT2D eigenvalue weighted by molar-refractivity contribution is 7.07. The quantitative estimate of drug-likeness (QED) is 0.324. The van der Waals surface area contributed by atoms with Crippen LogP contribution in [0.5, 0.6) is 23.0 Å². The highest BCUT2D eigenvalue weighted by atomic mass is 32.1. The lowest BCUT2D eigenvalue weighted by Gasteiger charge is -2.23. The molecule has 0 bridgehead atoms. The van der Waals surface area contributed by atoms with Gasteiger partial charge in [-0.1, -0.05) is 30.4 Å². The van der Waals surface area contributed by atoms with E-state index in [1.165, 1.54) is 29.2 Å². The zero-order valence-electron chi connectivity index (χ0n) is 23.6. The minimum Gasteiger partial charge on any atom is -0.493 e. The molecule has 2 atom stereocenters. The summed E-state index contributed by atoms with van der Waals surface area (Å²) < 4.78 is 30.0. The Morgan fingerprint density at radius 2 is 1.75 bits per heavy atom. The number of carbonyl (C=O) groups excluding carboxylic acids is 1. The first-order valence-corrected chi connectivity index (χ1v) is 14.0. The lowest BCUT2D eigenvalue weighted by Crippen LogP contribution is -2.39. The SMILES string of the molecule is CCOc1ccc([C@H]2C(C(=O)OC)=CN=c3s/c(=C\c4ccc(O[C@H](C)CC)c(OC)c4)c(=O)n32)cc1OCC. The Morgan fingerprint density at radius 3 is 2.42 bits per heavy atom. The maximum absolute atomic E-state index is 13.8. The van der Waals surface area contributed by atoms with E-state index in [0.717, 1.165) is 12.0 Å². The lowest BCUT2D eigenvalue weighted by molar-refractivity contribution is -0.136. The van der Waals surface area contributed by atoms with Crippen LogP contribution in [0.3, 0.4) is 0 Å². The van der Waals surface area contributed by atoms with Gasteiger partial charge in [0.15, 0.2) is 27.8 Å². The van der Waals surface area contributed by atoms with Crippen molar-refractivity contribution in [3.63, 3.8) is 0 Å². The van der Waals surface area contributed by atoms with Crippen LogP contribution < -0.4 is 33.8 Å². The van der Waals surface area contributed by atoms with Gasteiger partial charge in [-0.05, 0) is 68.7 Å². The normalized spacial score (nSPS) is 15.4. The Hall–Kier alpha value is -4.05. The van der Waals surface area contributed by atoms with E-state index < -0.39 is 12.0 Å². The van der Waals surface area contributed by atoms with Gasteiger partial charge >= 0.3 is 5.97 Å². The van der Waals surface area contributed by atoms with Crippen LogP contribution in [0.2, 0.25) is 0 Å². The predicted molar refractivity (Wildman–Crippen MR) is 153 cm³/mol. The summed E-state index contributed by atoms with van der Waals surface area (Å²) in [5.41, 5.74) is 1.39. The van der Waals surface area contributed by atoms with E-state index in [4.69, 9.17) is 23.7 Å². The van der Waals surface area contributed by atoms with Gasteiger partial charge in [0.2, 0.25) is 0 Å². The summed E-state index contributed by atoms with van der Waals surface area (Å²) in [5.74, 6) is 1.75. The highest BCUT2D eigenvalue weighted by Crippen LogP contribution is 2.35. The molecule has 1 aliphatic heterocycles. The Bertz CT molecular complexity index is 1590. The summed E-state index contributed by atoms with van der Waals surface area (Å²) in [7, 11) is 2.88. The molecule has 1 aliphatic rings. The molecule has 0 saturated heterocycles. The minimum atomic E-state index is -0.762. The summed E-state index contributed by atoms with van der Waals surface area (Å²) in [5, 5.41) is 0. The highest BCUT2D eigenvalue weighted by Gasteiger charge is 2.31. The number of benzene rings is 2. The maximum Gasteiger partial charge on any atom is 0.337 e. The van der Waals surface area contributed by atoms with Crippen molar-refractivity contribution in [2.45, 2.75) is 46.3 Å². The molecule has 3 aromatic rings. The van der Waals surface area contributed by atoms with E-state index in [9.17, 15) is 9.59 Å². The molecular weight excluding hydrogens is 532 g/mol. The number of carbonyl (C=O) groups is 1. The lowest BCUT2D eigenvalue weighted by atomic mass is 9.97. The van der Waals surface area contributed by atoms with Gasteiger partial charge < -0.3 is 23.7 Å². The largest absolute Gasteiger partial charge is 0.493 e. The average molecular weight is 567 g/mol. The molecular formula is C30H34N2O7S. The molecule has 212 valence electrons. The van der Waals surface area contributed by atoms with Gasteiger partial charge in [0.05, 0.1) is 49.7 Å². The number of fused-ring (bicyclic) bond motifs is 1. The number of nitrogens with zero attached hydrogens (tertiary/aromatic N) is 2. The second kappa shape index (κ2) is 12.9. The maximum atomic E-state index is 13.8. The van der Waals surface area contributed by atoms with Crippen molar-refractivity contribution in [2.75, 3.05) is 27.4 Å². The molecule has 9 nitrogen and oxygen atoms in total. The second-order valence-electron chi connectivity index (χ2n) is 9.00. The van der Waals surface area contributed by atoms with E-state index in [2.05, 4.69) is 11.9 Å². The van der Waals surface area contributed by atoms with Gasteiger partial charge in [0.1, 0.15) is 0 Å². The fourth-order valence-electron chi connectivity index (χ4n) is 4.31. The fraction of sp³-hybridized carbons (Fsp3) is 0.367. The summed E-state index contributed by atoms with van der Waals surface area (Å²) in [6.45, 7) is 8.71. The molecule has 10 heteroatoms. The Kier molecular flexibility index (Phi) is 9.31. The topological polar surface area (TPSA) is 97.6 Å². The smallest absolute Gasteiger partial charge is 0.337 e. The van der Waals surface area contributed by atoms with Crippen molar-refractivity contribution in [3.05, 3.63) is 79.0 Å². The molecule has 40 heavy (non-hydrogen) atoms. The number of rotatable bonds is 11. The average Bonchev–Trinajstić information content (AvgIpc) is 3.28. The minimum absolute atomic E-state index is 0.0401. The number of hydrogen-bond donors (Lipinski definition) is 0. The van der Waals surface area contributed by atoms with Crippen LogP contribution in [-0.4, -0.2) is 44.1 Å². The van der Waals surface area contributed by atoms with Crippen LogP contribution in [0.4, 0.5) is 0 Å². The molecule has 4 rings (SSSR count). The molecule has 0 saturated carbocycles. The van der Waals surface area contributed by atoms with Gasteiger partial charge in [0.25, 0.3) is 5.56 Å². The number of hydrogen-bond acceptors (Lipinski definition) is 9. The third-order valence-corrected chi connectivity index (χ3v) is 7.39. The number of thiazole rings is 1. The summed E-state index contributed by atoms with van der Waals surface area (Å²) in [6.07, 6.45) is 4.15. The number of esters is 1. The van der Waals surface area contributed by atoms with Gasteiger partial charge in [-0.3, -0.25) is 9.36 Å². The Balaban J connectivity index is 1.84. The second-order valence-corrected chi connectivity index (χ2v) is 10.0. The number of aromatic nitrogens is 1. The molecule has 0 N–H and O–H groups in total. The van der Waals surface area contributed by atoms with Gasteiger partial charge in [-0.25, -0.2) is 9.79 Å². The summed E-state index contributed by atoms with van der Waals surface area (Å²) in [6, 6.07) is 10.2. The molecule has 0 unspecified atom stereocenters. The standard InChI is InChI=1S/C30H34N2O7S/c1-7-18(4)39-23-12-10-19(14-24(23)35-5)15-26-28(33)32-27(21(29(34)36-6)17-31-30(32)40-26)20-11-13-22(37-8-2)25(16-20)38-9-3/h10-18,27H,7-9H2,1-6H3/b26-15-/t18-,27+/m1/s1. The van der Waals surface area contributed by atoms with Gasteiger partial charge in [0, 0.05) is 6.20 Å². The van der Waals surface area contributed by atoms with E-state index in [0.29, 0.717) is 51.1 Å². The molecule has 0 radical (unpaired) electrons. The molecule has 0 aliphatic carbocycles. The van der Waals surface area contributed by atoms with Crippen LogP contribution in [-0.2, 0) is 9.53 Å². The zero-order valence-corrected chi connectivity index (χ0v) is 24.4. The van der Waals surface area contributed by atoms with Crippen molar-refractivity contribution in [2.24, 2.45) is 4.99 Å². The molecule has 0 spiro atoms. The van der Waals surface area contributed by atoms with Crippen molar-refractivity contribution < 1.29 is 28.5 Å². The predicted octanol–water partition coefficient (Wildman–Crippen LogP) is 4.00. The van der Waals surface area contributed by atoms with Crippen LogP contribution in [0, 0.1) is 0 Å². The number of ether oxygens (including phenoxy) is 5. The first-order valence-electron chi connectivity index (χ1n) is 13.2. The molecule has 0 amide bonds. The first kappa shape index (κ1) is 28.9. The van der Waals surface area contributed by atoms with E-state index in [-0.39, 0.29) is 17.2 Å². The Labute approximate surface area is 236 Å². The van der Waals surface area contributed by atoms with Crippen LogP contribution in [0.25, 0.3) is 6.08 Å². The zero-order chi connectivity index (χ0) is 28.8. The van der Waals surface area contributed by atoms with Gasteiger partial charge in [-0.15, -0.1) is 0 Å². The molecule has 2 heterocycles. The third-order valence-electron chi connectivity index (χ3n) is 6.40. The van der Waals surface area contributed by atoms with Crippen LogP contribution in [0.15, 0.2) is 58.0 Å². The first-order chi connectivity index (χ1) is 19.3. The van der Waals surface area contributed by atoms with E-state index >= 15 is 0 Å². The summed E-state index contributed by atoms with van der Waals surface area (Å²) >= 11 is 1.24. The molecule has 0 fully saturated rings. The summed E-state index contributed by atoms with van der Waals surface area (Å²) in [4.78, 5) is 31.5. The van der Waals surface area contributed by atoms with Crippen molar-refractivity contribution >= 4 is 23.4 Å². The van der Waals surface area contributed by atoms with Crippen LogP contribution in [0.1, 0.15) is 51.3 Å². The van der Waals surface area contributed by atoms with E-state index in [1.54, 1.807) is 25.3 Å². The van der Waals surface area contributed by atoms with E-state index in [1.807, 2.05) is 45.0 Å².